The lowest BCUT2D eigenvalue weighted by atomic mass is 10.1. The average Bonchev–Trinajstić information content (AvgIpc) is 2.25. The molecule has 1 heterocycles. The van der Waals surface area contributed by atoms with E-state index in [1.165, 1.54) is 12.8 Å². The molecule has 0 aromatic heterocycles. The van der Waals surface area contributed by atoms with Crippen LogP contribution in [0.5, 0.6) is 0 Å². The second kappa shape index (κ2) is 8.81. The molecule has 3 N–H and O–H groups in total. The number of hydrogen-bond donors (Lipinski definition) is 2. The first-order valence-corrected chi connectivity index (χ1v) is 5.48. The molecule has 0 amide bonds. The minimum atomic E-state index is 0. The number of guanidine groups is 1. The predicted octanol–water partition coefficient (Wildman–Crippen LogP) is 1.65. The molecule has 16 heavy (non-hydrogen) atoms. The van der Waals surface area contributed by atoms with Gasteiger partial charge in [0.1, 0.15) is 0 Å². The van der Waals surface area contributed by atoms with Crippen LogP contribution in [0.4, 0.5) is 0 Å². The Kier molecular flexibility index (Phi) is 8.64. The molecule has 0 bridgehead atoms. The summed E-state index contributed by atoms with van der Waals surface area (Å²) in [4.78, 5) is 4.14. The molecule has 0 radical (unpaired) electrons. The zero-order valence-corrected chi connectivity index (χ0v) is 12.2. The lowest BCUT2D eigenvalue weighted by Crippen LogP contribution is -2.39. The quantitative estimate of drug-likeness (QED) is 0.354. The Bertz CT molecular complexity index is 237. The van der Waals surface area contributed by atoms with Gasteiger partial charge in [-0.25, -0.2) is 4.99 Å². The molecule has 5 heteroatoms. The van der Waals surface area contributed by atoms with Crippen molar-refractivity contribution in [2.75, 3.05) is 19.7 Å². The van der Waals surface area contributed by atoms with Gasteiger partial charge in [0.2, 0.25) is 0 Å². The number of halogens is 1. The maximum atomic E-state index is 5.68. The molecular formula is C11H22IN3O. The van der Waals surface area contributed by atoms with Gasteiger partial charge in [-0.1, -0.05) is 12.2 Å². The fraction of sp³-hybridized carbons (Fsp3) is 0.727. The highest BCUT2D eigenvalue weighted by Crippen LogP contribution is 2.11. The van der Waals surface area contributed by atoms with Crippen molar-refractivity contribution in [2.45, 2.75) is 32.3 Å². The van der Waals surface area contributed by atoms with Crippen LogP contribution in [-0.4, -0.2) is 31.8 Å². The van der Waals surface area contributed by atoms with Gasteiger partial charge in [0.05, 0.1) is 12.6 Å². The third-order valence-electron chi connectivity index (χ3n) is 2.30. The number of ether oxygens (including phenoxy) is 1. The lowest BCUT2D eigenvalue weighted by Gasteiger charge is -2.22. The summed E-state index contributed by atoms with van der Waals surface area (Å²) in [6, 6.07) is 0. The number of hydrogen-bond acceptors (Lipinski definition) is 2. The van der Waals surface area contributed by atoms with Crippen LogP contribution in [0.25, 0.3) is 0 Å². The van der Waals surface area contributed by atoms with E-state index < -0.39 is 0 Å². The second-order valence-electron chi connectivity index (χ2n) is 4.03. The Morgan fingerprint density at radius 2 is 2.31 bits per heavy atom. The normalized spacial score (nSPS) is 21.1. The topological polar surface area (TPSA) is 59.6 Å². The van der Waals surface area contributed by atoms with Crippen molar-refractivity contribution in [3.05, 3.63) is 12.2 Å². The van der Waals surface area contributed by atoms with Crippen LogP contribution in [0.3, 0.4) is 0 Å². The van der Waals surface area contributed by atoms with Crippen LogP contribution >= 0.6 is 24.0 Å². The summed E-state index contributed by atoms with van der Waals surface area (Å²) in [5, 5.41) is 3.07. The number of aliphatic imine (C=N–C) groups is 1. The smallest absolute Gasteiger partial charge is 0.188 e. The Morgan fingerprint density at radius 3 is 2.88 bits per heavy atom. The molecule has 1 fully saturated rings. The summed E-state index contributed by atoms with van der Waals surface area (Å²) in [6.07, 6.45) is 3.82. The molecule has 0 spiro atoms. The largest absolute Gasteiger partial charge is 0.376 e. The maximum absolute atomic E-state index is 5.68. The Labute approximate surface area is 115 Å². The van der Waals surface area contributed by atoms with Crippen LogP contribution < -0.4 is 11.1 Å². The summed E-state index contributed by atoms with van der Waals surface area (Å²) in [6.45, 7) is 7.91. The fourth-order valence-electron chi connectivity index (χ4n) is 1.46. The van der Waals surface area contributed by atoms with Crippen molar-refractivity contribution >= 4 is 29.9 Å². The summed E-state index contributed by atoms with van der Waals surface area (Å²) >= 11 is 0. The zero-order valence-electron chi connectivity index (χ0n) is 9.87. The van der Waals surface area contributed by atoms with E-state index in [2.05, 4.69) is 16.9 Å². The molecule has 1 aliphatic heterocycles. The zero-order chi connectivity index (χ0) is 11.1. The van der Waals surface area contributed by atoms with Gasteiger partial charge in [0.15, 0.2) is 5.96 Å². The molecule has 1 atom stereocenters. The van der Waals surface area contributed by atoms with Gasteiger partial charge in [-0.05, 0) is 26.2 Å². The molecule has 1 unspecified atom stereocenters. The van der Waals surface area contributed by atoms with Crippen LogP contribution in [0.15, 0.2) is 17.1 Å². The van der Waals surface area contributed by atoms with E-state index in [1.807, 2.05) is 6.92 Å². The van der Waals surface area contributed by atoms with Gasteiger partial charge in [-0.15, -0.1) is 24.0 Å². The summed E-state index contributed by atoms with van der Waals surface area (Å²) in [7, 11) is 0. The minimum absolute atomic E-state index is 0. The van der Waals surface area contributed by atoms with Crippen molar-refractivity contribution in [3.63, 3.8) is 0 Å². The van der Waals surface area contributed by atoms with E-state index in [-0.39, 0.29) is 30.1 Å². The Morgan fingerprint density at radius 1 is 1.56 bits per heavy atom. The monoisotopic (exact) mass is 339 g/mol. The number of nitrogens with zero attached hydrogens (tertiary/aromatic N) is 1. The second-order valence-corrected chi connectivity index (χ2v) is 4.03. The van der Waals surface area contributed by atoms with Gasteiger partial charge >= 0.3 is 0 Å². The predicted molar refractivity (Wildman–Crippen MR) is 78.3 cm³/mol. The van der Waals surface area contributed by atoms with Crippen LogP contribution in [0, 0.1) is 0 Å². The van der Waals surface area contributed by atoms with E-state index in [0.29, 0.717) is 12.5 Å². The lowest BCUT2D eigenvalue weighted by molar-refractivity contribution is 0.0195. The number of nitrogens with one attached hydrogen (secondary N) is 1. The van der Waals surface area contributed by atoms with Crippen LogP contribution in [-0.2, 0) is 4.74 Å². The van der Waals surface area contributed by atoms with E-state index in [1.54, 1.807) is 0 Å². The molecular weight excluding hydrogens is 317 g/mol. The van der Waals surface area contributed by atoms with Gasteiger partial charge in [-0.2, -0.15) is 0 Å². The first kappa shape index (κ1) is 15.7. The first-order valence-electron chi connectivity index (χ1n) is 5.48. The Balaban J connectivity index is 0.00000225. The van der Waals surface area contributed by atoms with E-state index in [0.717, 1.165) is 25.1 Å². The number of rotatable bonds is 4. The van der Waals surface area contributed by atoms with Crippen molar-refractivity contribution in [1.82, 2.24) is 5.32 Å². The highest BCUT2D eigenvalue weighted by Gasteiger charge is 2.13. The van der Waals surface area contributed by atoms with Crippen molar-refractivity contribution in [2.24, 2.45) is 10.7 Å². The molecule has 1 saturated heterocycles. The van der Waals surface area contributed by atoms with Crippen LogP contribution in [0.1, 0.15) is 26.2 Å². The fourth-order valence-corrected chi connectivity index (χ4v) is 1.46. The van der Waals surface area contributed by atoms with Gasteiger partial charge in [-0.3, -0.25) is 0 Å². The maximum Gasteiger partial charge on any atom is 0.188 e. The van der Waals surface area contributed by atoms with E-state index >= 15 is 0 Å². The molecule has 94 valence electrons. The average molecular weight is 339 g/mol. The third kappa shape index (κ3) is 7.05. The summed E-state index contributed by atoms with van der Waals surface area (Å²) in [5.74, 6) is 0.479. The SMILES string of the molecule is C=C(C)CN=C(N)NCC1CCCCO1.I. The van der Waals surface area contributed by atoms with Gasteiger partial charge < -0.3 is 15.8 Å². The highest BCUT2D eigenvalue weighted by atomic mass is 127. The summed E-state index contributed by atoms with van der Waals surface area (Å²) < 4.78 is 5.56. The summed E-state index contributed by atoms with van der Waals surface area (Å²) in [5.41, 5.74) is 6.69. The minimum Gasteiger partial charge on any atom is -0.376 e. The highest BCUT2D eigenvalue weighted by molar-refractivity contribution is 14.0. The molecule has 1 rings (SSSR count). The Hall–Kier alpha value is -0.300. The van der Waals surface area contributed by atoms with Crippen LogP contribution in [0.2, 0.25) is 0 Å². The molecule has 0 aromatic rings. The standard InChI is InChI=1S/C11H21N3O.HI/c1-9(2)7-13-11(12)14-8-10-5-3-4-6-15-10;/h10H,1,3-8H2,2H3,(H3,12,13,14);1H. The molecule has 1 aliphatic rings. The number of nitrogens with two attached hydrogens (primary N) is 1. The molecule has 4 nitrogen and oxygen atoms in total. The molecule has 0 saturated carbocycles. The third-order valence-corrected chi connectivity index (χ3v) is 2.30. The first-order chi connectivity index (χ1) is 7.18. The van der Waals surface area contributed by atoms with E-state index in [4.69, 9.17) is 10.5 Å². The van der Waals surface area contributed by atoms with Crippen molar-refractivity contribution in [3.8, 4) is 0 Å². The van der Waals surface area contributed by atoms with Gasteiger partial charge in [0, 0.05) is 13.2 Å². The molecule has 0 aliphatic carbocycles. The molecule has 0 aromatic carbocycles. The van der Waals surface area contributed by atoms with E-state index in [9.17, 15) is 0 Å². The van der Waals surface area contributed by atoms with Crippen molar-refractivity contribution in [1.29, 1.82) is 0 Å². The van der Waals surface area contributed by atoms with Gasteiger partial charge in [0.25, 0.3) is 0 Å². The van der Waals surface area contributed by atoms with Crippen molar-refractivity contribution < 1.29 is 4.74 Å².